The zero-order valence-electron chi connectivity index (χ0n) is 15.7. The van der Waals surface area contributed by atoms with Crippen LogP contribution in [0.25, 0.3) is 0 Å². The minimum atomic E-state index is -0.418. The van der Waals surface area contributed by atoms with Crippen LogP contribution in [0.3, 0.4) is 0 Å². The molecule has 3 fully saturated rings. The van der Waals surface area contributed by atoms with Gasteiger partial charge in [0.25, 0.3) is 0 Å². The molecule has 1 aliphatic heterocycles. The lowest BCUT2D eigenvalue weighted by Crippen LogP contribution is -2.33. The number of anilines is 1. The molecule has 0 unspecified atom stereocenters. The second-order valence-electron chi connectivity index (χ2n) is 8.08. The first-order valence-corrected chi connectivity index (χ1v) is 9.93. The number of ether oxygens (including phenoxy) is 1. The monoisotopic (exact) mass is 393 g/mol. The Morgan fingerprint density at radius 1 is 0.966 bits per heavy atom. The topological polar surface area (TPSA) is 63.7 Å². The van der Waals surface area contributed by atoms with Crippen molar-refractivity contribution in [2.45, 2.75) is 19.3 Å². The third-order valence-electron chi connectivity index (χ3n) is 6.56. The molecule has 29 heavy (non-hydrogen) atoms. The van der Waals surface area contributed by atoms with Crippen molar-refractivity contribution in [3.05, 3.63) is 59.9 Å². The van der Waals surface area contributed by atoms with E-state index in [-0.39, 0.29) is 36.0 Å². The van der Waals surface area contributed by atoms with Gasteiger partial charge in [-0.2, -0.15) is 0 Å². The van der Waals surface area contributed by atoms with Crippen LogP contribution in [0.15, 0.2) is 48.5 Å². The van der Waals surface area contributed by atoms with Gasteiger partial charge in [0.05, 0.1) is 17.5 Å². The van der Waals surface area contributed by atoms with Gasteiger partial charge >= 0.3 is 0 Å². The normalized spacial score (nSPS) is 27.4. The summed E-state index contributed by atoms with van der Waals surface area (Å²) in [4.78, 5) is 39.8. The first-order valence-electron chi connectivity index (χ1n) is 9.93. The van der Waals surface area contributed by atoms with Gasteiger partial charge in [-0.25, -0.2) is 9.29 Å². The van der Waals surface area contributed by atoms with Crippen LogP contribution in [0.4, 0.5) is 10.1 Å². The van der Waals surface area contributed by atoms with Crippen LogP contribution in [0, 0.1) is 29.5 Å². The molecule has 3 aliphatic rings. The second-order valence-corrected chi connectivity index (χ2v) is 8.08. The van der Waals surface area contributed by atoms with E-state index < -0.39 is 5.82 Å². The van der Waals surface area contributed by atoms with Gasteiger partial charge in [-0.05, 0) is 67.5 Å². The summed E-state index contributed by atoms with van der Waals surface area (Å²) >= 11 is 0. The molecule has 148 valence electrons. The summed E-state index contributed by atoms with van der Waals surface area (Å²) < 4.78 is 18.7. The van der Waals surface area contributed by atoms with Gasteiger partial charge in [-0.1, -0.05) is 12.1 Å². The lowest BCUT2D eigenvalue weighted by Gasteiger charge is -2.20. The zero-order valence-corrected chi connectivity index (χ0v) is 15.7. The number of imide groups is 1. The molecular weight excluding hydrogens is 373 g/mol. The van der Waals surface area contributed by atoms with E-state index in [9.17, 15) is 18.8 Å². The summed E-state index contributed by atoms with van der Waals surface area (Å²) in [5.74, 6) is -0.519. The maximum atomic E-state index is 13.1. The van der Waals surface area contributed by atoms with Crippen molar-refractivity contribution < 1.29 is 23.5 Å². The van der Waals surface area contributed by atoms with Crippen molar-refractivity contribution in [1.29, 1.82) is 0 Å². The Labute approximate surface area is 167 Å². The standard InChI is InChI=1S/C23H20FNO4/c24-16-9-7-13(8-10-16)18(26)12-29-19-4-2-1-3-17(19)25-22(27)20-14-5-6-15(11-14)21(20)23(25)28/h1-4,7-10,14-15,20-21H,5-6,11-12H2/t14-,15+,20+,21-. The van der Waals surface area contributed by atoms with Crippen molar-refractivity contribution >= 4 is 23.3 Å². The zero-order chi connectivity index (χ0) is 20.1. The van der Waals surface area contributed by atoms with E-state index in [0.717, 1.165) is 19.3 Å². The van der Waals surface area contributed by atoms with E-state index in [1.54, 1.807) is 24.3 Å². The molecule has 5 nitrogen and oxygen atoms in total. The summed E-state index contributed by atoms with van der Waals surface area (Å²) in [6.07, 6.45) is 3.01. The number of halogens is 1. The van der Waals surface area contributed by atoms with E-state index in [1.807, 2.05) is 0 Å². The van der Waals surface area contributed by atoms with Gasteiger partial charge in [-0.3, -0.25) is 14.4 Å². The van der Waals surface area contributed by atoms with Crippen LogP contribution in [0.2, 0.25) is 0 Å². The number of rotatable bonds is 5. The number of benzene rings is 2. The number of fused-ring (bicyclic) bond motifs is 5. The van der Waals surface area contributed by atoms with Gasteiger partial charge in [0.1, 0.15) is 11.6 Å². The van der Waals surface area contributed by atoms with Crippen molar-refractivity contribution in [2.75, 3.05) is 11.5 Å². The van der Waals surface area contributed by atoms with Crippen molar-refractivity contribution in [2.24, 2.45) is 23.7 Å². The summed E-state index contributed by atoms with van der Waals surface area (Å²) in [6, 6.07) is 12.0. The van der Waals surface area contributed by atoms with E-state index in [4.69, 9.17) is 4.74 Å². The number of para-hydroxylation sites is 2. The fourth-order valence-corrected chi connectivity index (χ4v) is 5.27. The molecule has 0 spiro atoms. The van der Waals surface area contributed by atoms with Gasteiger partial charge < -0.3 is 4.74 Å². The Morgan fingerprint density at radius 2 is 1.59 bits per heavy atom. The lowest BCUT2D eigenvalue weighted by molar-refractivity contribution is -0.123. The quantitative estimate of drug-likeness (QED) is 0.575. The fourth-order valence-electron chi connectivity index (χ4n) is 5.27. The number of nitrogens with zero attached hydrogens (tertiary/aromatic N) is 1. The number of Topliss-reactive ketones (excluding diaryl/α,β-unsaturated/α-hetero) is 1. The van der Waals surface area contributed by atoms with Crippen molar-refractivity contribution in [1.82, 2.24) is 0 Å². The van der Waals surface area contributed by atoms with E-state index in [1.165, 1.54) is 29.2 Å². The number of hydrogen-bond acceptors (Lipinski definition) is 4. The number of amides is 2. The third-order valence-corrected chi connectivity index (χ3v) is 6.56. The molecule has 6 heteroatoms. The lowest BCUT2D eigenvalue weighted by atomic mass is 9.81. The minimum Gasteiger partial charge on any atom is -0.483 e. The van der Waals surface area contributed by atoms with Gasteiger partial charge in [0.2, 0.25) is 11.8 Å². The second kappa shape index (κ2) is 6.79. The average molecular weight is 393 g/mol. The Kier molecular flexibility index (Phi) is 4.23. The Balaban J connectivity index is 1.37. The predicted molar refractivity (Wildman–Crippen MR) is 103 cm³/mol. The maximum absolute atomic E-state index is 13.1. The van der Waals surface area contributed by atoms with Gasteiger partial charge in [0, 0.05) is 5.56 Å². The Morgan fingerprint density at radius 3 is 2.24 bits per heavy atom. The van der Waals surface area contributed by atoms with Crippen LogP contribution in [0.5, 0.6) is 5.75 Å². The number of hydrogen-bond donors (Lipinski definition) is 0. The molecule has 0 aromatic heterocycles. The fraction of sp³-hybridized carbons (Fsp3) is 0.348. The molecule has 2 aromatic rings. The molecule has 2 bridgehead atoms. The Hall–Kier alpha value is -3.02. The summed E-state index contributed by atoms with van der Waals surface area (Å²) in [5, 5.41) is 0. The van der Waals surface area contributed by atoms with Crippen LogP contribution < -0.4 is 9.64 Å². The molecule has 1 heterocycles. The van der Waals surface area contributed by atoms with Gasteiger partial charge in [-0.15, -0.1) is 0 Å². The van der Waals surface area contributed by atoms with Crippen molar-refractivity contribution in [3.8, 4) is 5.75 Å². The Bertz CT molecular complexity index is 974. The van der Waals surface area contributed by atoms with Gasteiger partial charge in [0.15, 0.2) is 12.4 Å². The number of ketones is 1. The van der Waals surface area contributed by atoms with Crippen LogP contribution in [-0.4, -0.2) is 24.2 Å². The highest BCUT2D eigenvalue weighted by Gasteiger charge is 2.61. The molecule has 2 amide bonds. The molecule has 1 saturated heterocycles. The van der Waals surface area contributed by atoms with Crippen LogP contribution in [0.1, 0.15) is 29.6 Å². The van der Waals surface area contributed by atoms with Crippen LogP contribution >= 0.6 is 0 Å². The number of carbonyl (C=O) groups excluding carboxylic acids is 3. The molecule has 5 rings (SSSR count). The van der Waals surface area contributed by atoms with E-state index in [2.05, 4.69) is 0 Å². The molecule has 0 radical (unpaired) electrons. The molecule has 2 aliphatic carbocycles. The maximum Gasteiger partial charge on any atom is 0.238 e. The highest BCUT2D eigenvalue weighted by Crippen LogP contribution is 2.57. The summed E-state index contributed by atoms with van der Waals surface area (Å²) in [7, 11) is 0. The van der Waals surface area contributed by atoms with Crippen molar-refractivity contribution in [3.63, 3.8) is 0 Å². The SMILES string of the molecule is O=C(COc1ccccc1N1C(=O)[C@@H]2[C@H]3CC[C@H](C3)[C@@H]2C1=O)c1ccc(F)cc1. The predicted octanol–water partition coefficient (Wildman–Crippen LogP) is 3.62. The molecule has 4 atom stereocenters. The number of carbonyl (C=O) groups is 3. The van der Waals surface area contributed by atoms with E-state index >= 15 is 0 Å². The third kappa shape index (κ3) is 2.85. The largest absolute Gasteiger partial charge is 0.483 e. The summed E-state index contributed by atoms with van der Waals surface area (Å²) in [5.41, 5.74) is 0.728. The highest BCUT2D eigenvalue weighted by molar-refractivity contribution is 6.23. The van der Waals surface area contributed by atoms with E-state index in [0.29, 0.717) is 28.8 Å². The molecule has 2 aromatic carbocycles. The highest BCUT2D eigenvalue weighted by atomic mass is 19.1. The smallest absolute Gasteiger partial charge is 0.238 e. The molecule has 2 saturated carbocycles. The average Bonchev–Trinajstić information content (AvgIpc) is 3.41. The summed E-state index contributed by atoms with van der Waals surface area (Å²) in [6.45, 7) is -0.267. The first kappa shape index (κ1) is 18.0. The first-order chi connectivity index (χ1) is 14.0. The minimum absolute atomic E-state index is 0.145. The van der Waals surface area contributed by atoms with Crippen LogP contribution in [-0.2, 0) is 9.59 Å². The molecule has 0 N–H and O–H groups in total. The molecular formula is C23H20FNO4.